The van der Waals surface area contributed by atoms with Crippen LogP contribution in [-0.4, -0.2) is 23.3 Å². The van der Waals surface area contributed by atoms with E-state index < -0.39 is 5.97 Å². The minimum atomic E-state index is -0.402. The zero-order chi connectivity index (χ0) is 13.1. The number of esters is 1. The molecule has 2 atom stereocenters. The Morgan fingerprint density at radius 2 is 2.33 bits per heavy atom. The molecule has 0 spiro atoms. The molecule has 18 heavy (non-hydrogen) atoms. The lowest BCUT2D eigenvalue weighted by molar-refractivity contribution is 0.0606. The fraction of sp³-hybridized carbons (Fsp3) is 0.667. The van der Waals surface area contributed by atoms with Gasteiger partial charge in [0.15, 0.2) is 14.4 Å². The number of hydrogen-bond acceptors (Lipinski definition) is 5. The van der Waals surface area contributed by atoms with Gasteiger partial charge in [0.1, 0.15) is 0 Å². The first-order valence-corrected chi connectivity index (χ1v) is 8.09. The lowest BCUT2D eigenvalue weighted by Gasteiger charge is -2.25. The number of thiazole rings is 1. The van der Waals surface area contributed by atoms with Crippen LogP contribution in [0.1, 0.15) is 42.3 Å². The van der Waals surface area contributed by atoms with Gasteiger partial charge in [-0.2, -0.15) is 0 Å². The smallest absolute Gasteiger partial charge is 0.351 e. The molecule has 6 heteroatoms. The van der Waals surface area contributed by atoms with Gasteiger partial charge in [-0.15, -0.1) is 0 Å². The van der Waals surface area contributed by atoms with E-state index in [1.54, 1.807) is 11.8 Å². The van der Waals surface area contributed by atoms with Crippen molar-refractivity contribution in [3.05, 3.63) is 10.0 Å². The number of nitrogens with zero attached hydrogens (tertiary/aromatic N) is 1. The number of carbonyl (C=O) groups is 1. The summed E-state index contributed by atoms with van der Waals surface area (Å²) in [6.45, 7) is 2.29. The first kappa shape index (κ1) is 14.2. The highest BCUT2D eigenvalue weighted by molar-refractivity contribution is 8.01. The first-order valence-electron chi connectivity index (χ1n) is 6.01. The van der Waals surface area contributed by atoms with Crippen LogP contribution in [0.25, 0.3) is 0 Å². The van der Waals surface area contributed by atoms with E-state index in [1.807, 2.05) is 0 Å². The van der Waals surface area contributed by atoms with Gasteiger partial charge in [-0.1, -0.05) is 54.5 Å². The van der Waals surface area contributed by atoms with Crippen LogP contribution in [-0.2, 0) is 4.74 Å². The molecule has 100 valence electrons. The highest BCUT2D eigenvalue weighted by atomic mass is 35.5. The molecule has 1 aliphatic carbocycles. The maximum absolute atomic E-state index is 11.4. The fourth-order valence-electron chi connectivity index (χ4n) is 2.18. The van der Waals surface area contributed by atoms with Gasteiger partial charge in [-0.3, -0.25) is 0 Å². The molecule has 1 heterocycles. The molecule has 0 aromatic carbocycles. The molecule has 2 unspecified atom stereocenters. The van der Waals surface area contributed by atoms with Crippen LogP contribution in [0, 0.1) is 5.92 Å². The van der Waals surface area contributed by atoms with Gasteiger partial charge >= 0.3 is 5.97 Å². The molecule has 1 fully saturated rings. The lowest BCUT2D eigenvalue weighted by Crippen LogP contribution is -2.14. The number of carbonyl (C=O) groups excluding carboxylic acids is 1. The molecule has 1 aliphatic rings. The fourth-order valence-corrected chi connectivity index (χ4v) is 5.16. The second kappa shape index (κ2) is 6.26. The number of aromatic nitrogens is 1. The van der Waals surface area contributed by atoms with Crippen molar-refractivity contribution >= 4 is 40.7 Å². The van der Waals surface area contributed by atoms with Crippen LogP contribution >= 0.6 is 34.7 Å². The van der Waals surface area contributed by atoms with E-state index in [1.165, 1.54) is 44.1 Å². The minimum absolute atomic E-state index is 0.262. The zero-order valence-electron chi connectivity index (χ0n) is 10.4. The molecule has 3 nitrogen and oxygen atoms in total. The van der Waals surface area contributed by atoms with E-state index in [-0.39, 0.29) is 5.15 Å². The molecule has 0 saturated heterocycles. The zero-order valence-corrected chi connectivity index (χ0v) is 12.8. The van der Waals surface area contributed by atoms with Crippen LogP contribution < -0.4 is 0 Å². The standard InChI is InChI=1S/C12H16ClNO2S2/c1-7-4-3-5-8(6-7)17-12-14-10(13)9(18-12)11(15)16-2/h7-8H,3-6H2,1-2H3. The van der Waals surface area contributed by atoms with E-state index in [2.05, 4.69) is 16.6 Å². The Morgan fingerprint density at radius 1 is 1.56 bits per heavy atom. The van der Waals surface area contributed by atoms with Crippen molar-refractivity contribution in [2.45, 2.75) is 42.2 Å². The molecule has 0 N–H and O–H groups in total. The molecule has 0 bridgehead atoms. The third-order valence-corrected chi connectivity index (χ3v) is 5.90. The van der Waals surface area contributed by atoms with Crippen LogP contribution in [0.2, 0.25) is 5.15 Å². The van der Waals surface area contributed by atoms with Crippen molar-refractivity contribution in [1.82, 2.24) is 4.98 Å². The maximum atomic E-state index is 11.4. The molecule has 0 amide bonds. The Morgan fingerprint density at radius 3 is 3.00 bits per heavy atom. The summed E-state index contributed by atoms with van der Waals surface area (Å²) >= 11 is 9.03. The van der Waals surface area contributed by atoms with Crippen molar-refractivity contribution in [3.8, 4) is 0 Å². The van der Waals surface area contributed by atoms with Crippen molar-refractivity contribution in [1.29, 1.82) is 0 Å². The highest BCUT2D eigenvalue weighted by Gasteiger charge is 2.23. The van der Waals surface area contributed by atoms with E-state index in [4.69, 9.17) is 11.6 Å². The third kappa shape index (κ3) is 3.39. The van der Waals surface area contributed by atoms with Gasteiger partial charge in [0.2, 0.25) is 0 Å². The number of rotatable bonds is 3. The average Bonchev–Trinajstić information content (AvgIpc) is 2.69. The Labute approximate surface area is 120 Å². The highest BCUT2D eigenvalue weighted by Crippen LogP contribution is 2.39. The van der Waals surface area contributed by atoms with Crippen molar-refractivity contribution in [2.75, 3.05) is 7.11 Å². The molecule has 1 saturated carbocycles. The largest absolute Gasteiger partial charge is 0.465 e. The van der Waals surface area contributed by atoms with E-state index in [9.17, 15) is 4.79 Å². The quantitative estimate of drug-likeness (QED) is 0.782. The summed E-state index contributed by atoms with van der Waals surface area (Å²) in [7, 11) is 1.36. The van der Waals surface area contributed by atoms with Crippen molar-refractivity contribution < 1.29 is 9.53 Å². The Balaban J connectivity index is 2.03. The van der Waals surface area contributed by atoms with Gasteiger partial charge in [-0.25, -0.2) is 9.78 Å². The summed E-state index contributed by atoms with van der Waals surface area (Å²) in [5.41, 5.74) is 0. The topological polar surface area (TPSA) is 39.2 Å². The van der Waals surface area contributed by atoms with Gasteiger partial charge in [0.05, 0.1) is 7.11 Å². The summed E-state index contributed by atoms with van der Waals surface area (Å²) in [5, 5.41) is 0.861. The van der Waals surface area contributed by atoms with Gasteiger partial charge in [-0.05, 0) is 18.8 Å². The van der Waals surface area contributed by atoms with E-state index >= 15 is 0 Å². The summed E-state index contributed by atoms with van der Waals surface area (Å²) in [6, 6.07) is 0. The molecule has 1 aromatic heterocycles. The number of methoxy groups -OCH3 is 1. The monoisotopic (exact) mass is 305 g/mol. The maximum Gasteiger partial charge on any atom is 0.351 e. The summed E-state index contributed by atoms with van der Waals surface area (Å²) in [4.78, 5) is 16.1. The van der Waals surface area contributed by atoms with Crippen LogP contribution in [0.4, 0.5) is 0 Å². The predicted molar refractivity (Wildman–Crippen MR) is 75.7 cm³/mol. The second-order valence-corrected chi connectivity index (χ2v) is 7.51. The van der Waals surface area contributed by atoms with Gasteiger partial charge in [0.25, 0.3) is 0 Å². The van der Waals surface area contributed by atoms with Crippen LogP contribution in [0.3, 0.4) is 0 Å². The summed E-state index contributed by atoms with van der Waals surface area (Å²) < 4.78 is 5.55. The van der Waals surface area contributed by atoms with Crippen LogP contribution in [0.15, 0.2) is 4.34 Å². The van der Waals surface area contributed by atoms with E-state index in [0.717, 1.165) is 10.3 Å². The molecular weight excluding hydrogens is 290 g/mol. The summed E-state index contributed by atoms with van der Waals surface area (Å²) in [5.74, 6) is 0.383. The summed E-state index contributed by atoms with van der Waals surface area (Å²) in [6.07, 6.45) is 5.04. The Kier molecular flexibility index (Phi) is 4.92. The third-order valence-electron chi connectivity index (χ3n) is 3.09. The number of hydrogen-bond donors (Lipinski definition) is 0. The number of thioether (sulfide) groups is 1. The minimum Gasteiger partial charge on any atom is -0.465 e. The van der Waals surface area contributed by atoms with Gasteiger partial charge < -0.3 is 4.74 Å². The molecular formula is C12H16ClNO2S2. The molecule has 0 aliphatic heterocycles. The average molecular weight is 306 g/mol. The first-order chi connectivity index (χ1) is 8.60. The molecule has 0 radical (unpaired) electrons. The van der Waals surface area contributed by atoms with Gasteiger partial charge in [0, 0.05) is 5.25 Å². The Hall–Kier alpha value is -0.260. The number of halogens is 1. The lowest BCUT2D eigenvalue weighted by atomic mass is 9.91. The van der Waals surface area contributed by atoms with Crippen molar-refractivity contribution in [2.24, 2.45) is 5.92 Å². The predicted octanol–water partition coefficient (Wildman–Crippen LogP) is 4.25. The normalized spacial score (nSPS) is 23.9. The number of ether oxygens (including phenoxy) is 1. The van der Waals surface area contributed by atoms with Crippen LogP contribution in [0.5, 0.6) is 0 Å². The molecule has 1 aromatic rings. The second-order valence-electron chi connectivity index (χ2n) is 4.60. The Bertz CT molecular complexity index is 436. The van der Waals surface area contributed by atoms with E-state index in [0.29, 0.717) is 10.1 Å². The molecule has 2 rings (SSSR count). The SMILES string of the molecule is COC(=O)c1sc(SC2CCCC(C)C2)nc1Cl. The van der Waals surface area contributed by atoms with Crippen molar-refractivity contribution in [3.63, 3.8) is 0 Å².